The molecule has 0 amide bonds. The van der Waals surface area contributed by atoms with Crippen molar-refractivity contribution in [1.82, 2.24) is 5.32 Å². The number of hydrogen-bond donors (Lipinski definition) is 1. The van der Waals surface area contributed by atoms with Gasteiger partial charge >= 0.3 is 0 Å². The Bertz CT molecular complexity index is 339. The van der Waals surface area contributed by atoms with E-state index in [1.165, 1.54) is 36.1 Å². The Kier molecular flexibility index (Phi) is 3.11. The molecule has 15 heavy (non-hydrogen) atoms. The molecular formula is C14H21N. The lowest BCUT2D eigenvalue weighted by Crippen LogP contribution is -2.21. The summed E-state index contributed by atoms with van der Waals surface area (Å²) in [6.07, 6.45) is 2.85. The molecule has 2 rings (SSSR count). The molecule has 1 aliphatic carbocycles. The van der Waals surface area contributed by atoms with E-state index in [9.17, 15) is 0 Å². The largest absolute Gasteiger partial charge is 0.310 e. The molecule has 1 aliphatic rings. The first-order chi connectivity index (χ1) is 7.16. The van der Waals surface area contributed by atoms with Crippen LogP contribution in [0.3, 0.4) is 0 Å². The highest BCUT2D eigenvalue weighted by molar-refractivity contribution is 5.32. The molecule has 0 unspecified atom stereocenters. The van der Waals surface area contributed by atoms with Crippen molar-refractivity contribution in [2.24, 2.45) is 5.92 Å². The van der Waals surface area contributed by atoms with Crippen molar-refractivity contribution >= 4 is 0 Å². The number of benzene rings is 1. The van der Waals surface area contributed by atoms with E-state index in [1.54, 1.807) is 0 Å². The second-order valence-corrected chi connectivity index (χ2v) is 4.93. The van der Waals surface area contributed by atoms with Crippen LogP contribution in [0.2, 0.25) is 0 Å². The van der Waals surface area contributed by atoms with Crippen LogP contribution in [0.1, 0.15) is 42.5 Å². The minimum absolute atomic E-state index is 0.492. The van der Waals surface area contributed by atoms with Crippen LogP contribution in [0.4, 0.5) is 0 Å². The third-order valence-corrected chi connectivity index (χ3v) is 3.30. The average Bonchev–Trinajstić information content (AvgIpc) is 2.97. The first-order valence-electron chi connectivity index (χ1n) is 5.97. The van der Waals surface area contributed by atoms with Crippen molar-refractivity contribution in [3.63, 3.8) is 0 Å². The standard InChI is InChI=1S/C14H21N/c1-10-4-7-14(11(2)8-10)12(3)15-9-13-5-6-13/h4,7-8,12-13,15H,5-6,9H2,1-3H3/t12-/m0/s1. The van der Waals surface area contributed by atoms with Crippen molar-refractivity contribution in [2.75, 3.05) is 6.54 Å². The molecule has 0 bridgehead atoms. The Morgan fingerprint density at radius 1 is 1.33 bits per heavy atom. The normalized spacial score (nSPS) is 17.8. The summed E-state index contributed by atoms with van der Waals surface area (Å²) in [7, 11) is 0. The Balaban J connectivity index is 1.99. The van der Waals surface area contributed by atoms with Gasteiger partial charge in [0, 0.05) is 6.04 Å². The summed E-state index contributed by atoms with van der Waals surface area (Å²) in [6, 6.07) is 7.23. The van der Waals surface area contributed by atoms with Crippen LogP contribution in [0.15, 0.2) is 18.2 Å². The predicted octanol–water partition coefficient (Wildman–Crippen LogP) is 3.36. The molecule has 1 heteroatoms. The van der Waals surface area contributed by atoms with Gasteiger partial charge in [-0.3, -0.25) is 0 Å². The second kappa shape index (κ2) is 4.36. The maximum Gasteiger partial charge on any atom is 0.0294 e. The van der Waals surface area contributed by atoms with Crippen molar-refractivity contribution in [1.29, 1.82) is 0 Å². The van der Waals surface area contributed by atoms with Crippen LogP contribution >= 0.6 is 0 Å². The van der Waals surface area contributed by atoms with Gasteiger partial charge in [0.2, 0.25) is 0 Å². The van der Waals surface area contributed by atoms with Gasteiger partial charge in [0.25, 0.3) is 0 Å². The summed E-state index contributed by atoms with van der Waals surface area (Å²) < 4.78 is 0. The predicted molar refractivity (Wildman–Crippen MR) is 65.1 cm³/mol. The van der Waals surface area contributed by atoms with Gasteiger partial charge in [0.15, 0.2) is 0 Å². The number of aryl methyl sites for hydroxylation is 2. The van der Waals surface area contributed by atoms with Crippen LogP contribution in [0.25, 0.3) is 0 Å². The number of rotatable bonds is 4. The minimum Gasteiger partial charge on any atom is -0.310 e. The average molecular weight is 203 g/mol. The van der Waals surface area contributed by atoms with Gasteiger partial charge in [-0.15, -0.1) is 0 Å². The zero-order chi connectivity index (χ0) is 10.8. The molecule has 0 aliphatic heterocycles. The van der Waals surface area contributed by atoms with E-state index in [1.807, 2.05) is 0 Å². The van der Waals surface area contributed by atoms with Gasteiger partial charge in [-0.25, -0.2) is 0 Å². The SMILES string of the molecule is Cc1ccc([C@H](C)NCC2CC2)c(C)c1. The van der Waals surface area contributed by atoms with Gasteiger partial charge in [-0.1, -0.05) is 23.8 Å². The summed E-state index contributed by atoms with van der Waals surface area (Å²) in [5.74, 6) is 0.957. The van der Waals surface area contributed by atoms with Gasteiger partial charge in [0.1, 0.15) is 0 Å². The van der Waals surface area contributed by atoms with E-state index >= 15 is 0 Å². The minimum atomic E-state index is 0.492. The first kappa shape index (κ1) is 10.7. The lowest BCUT2D eigenvalue weighted by Gasteiger charge is -2.16. The number of hydrogen-bond acceptors (Lipinski definition) is 1. The van der Waals surface area contributed by atoms with E-state index < -0.39 is 0 Å². The van der Waals surface area contributed by atoms with Gasteiger partial charge < -0.3 is 5.32 Å². The molecule has 1 N–H and O–H groups in total. The number of nitrogens with one attached hydrogen (secondary N) is 1. The quantitative estimate of drug-likeness (QED) is 0.791. The molecule has 0 heterocycles. The van der Waals surface area contributed by atoms with E-state index in [-0.39, 0.29) is 0 Å². The summed E-state index contributed by atoms with van der Waals surface area (Å²) in [4.78, 5) is 0. The third kappa shape index (κ3) is 2.82. The smallest absolute Gasteiger partial charge is 0.0294 e. The summed E-state index contributed by atoms with van der Waals surface area (Å²) >= 11 is 0. The monoisotopic (exact) mass is 203 g/mol. The van der Waals surface area contributed by atoms with E-state index in [4.69, 9.17) is 0 Å². The fourth-order valence-corrected chi connectivity index (χ4v) is 2.09. The maximum atomic E-state index is 3.62. The zero-order valence-electron chi connectivity index (χ0n) is 10.0. The van der Waals surface area contributed by atoms with Crippen LogP contribution in [0, 0.1) is 19.8 Å². The van der Waals surface area contributed by atoms with Crippen molar-refractivity contribution in [3.8, 4) is 0 Å². The third-order valence-electron chi connectivity index (χ3n) is 3.30. The summed E-state index contributed by atoms with van der Waals surface area (Å²) in [6.45, 7) is 7.81. The van der Waals surface area contributed by atoms with Crippen molar-refractivity contribution < 1.29 is 0 Å². The maximum absolute atomic E-state index is 3.62. The topological polar surface area (TPSA) is 12.0 Å². The summed E-state index contributed by atoms with van der Waals surface area (Å²) in [5, 5.41) is 3.62. The Hall–Kier alpha value is -0.820. The molecule has 1 atom stereocenters. The molecule has 1 aromatic carbocycles. The molecule has 0 aromatic heterocycles. The van der Waals surface area contributed by atoms with E-state index in [0.717, 1.165) is 5.92 Å². The molecule has 0 radical (unpaired) electrons. The van der Waals surface area contributed by atoms with Crippen LogP contribution < -0.4 is 5.32 Å². The molecule has 82 valence electrons. The molecule has 0 spiro atoms. The van der Waals surface area contributed by atoms with Gasteiger partial charge in [-0.2, -0.15) is 0 Å². The van der Waals surface area contributed by atoms with Gasteiger partial charge in [-0.05, 0) is 57.2 Å². The molecule has 0 saturated heterocycles. The molecule has 1 saturated carbocycles. The lowest BCUT2D eigenvalue weighted by atomic mass is 10.0. The Labute approximate surface area is 92.9 Å². The Morgan fingerprint density at radius 2 is 2.07 bits per heavy atom. The van der Waals surface area contributed by atoms with Crippen LogP contribution in [0.5, 0.6) is 0 Å². The van der Waals surface area contributed by atoms with Crippen LogP contribution in [-0.4, -0.2) is 6.54 Å². The van der Waals surface area contributed by atoms with Crippen molar-refractivity contribution in [3.05, 3.63) is 34.9 Å². The van der Waals surface area contributed by atoms with Crippen LogP contribution in [-0.2, 0) is 0 Å². The molecule has 1 nitrogen and oxygen atoms in total. The Morgan fingerprint density at radius 3 is 2.67 bits per heavy atom. The summed E-state index contributed by atoms with van der Waals surface area (Å²) in [5.41, 5.74) is 4.21. The fraction of sp³-hybridized carbons (Fsp3) is 0.571. The molecule has 1 fully saturated rings. The van der Waals surface area contributed by atoms with Gasteiger partial charge in [0.05, 0.1) is 0 Å². The van der Waals surface area contributed by atoms with E-state index in [0.29, 0.717) is 6.04 Å². The fourth-order valence-electron chi connectivity index (χ4n) is 2.09. The zero-order valence-corrected chi connectivity index (χ0v) is 10.0. The second-order valence-electron chi connectivity index (χ2n) is 4.93. The highest BCUT2D eigenvalue weighted by Gasteiger charge is 2.21. The highest BCUT2D eigenvalue weighted by atomic mass is 14.9. The first-order valence-corrected chi connectivity index (χ1v) is 5.97. The highest BCUT2D eigenvalue weighted by Crippen LogP contribution is 2.29. The molecular weight excluding hydrogens is 182 g/mol. The van der Waals surface area contributed by atoms with E-state index in [2.05, 4.69) is 44.3 Å². The lowest BCUT2D eigenvalue weighted by molar-refractivity contribution is 0.547. The van der Waals surface area contributed by atoms with Crippen molar-refractivity contribution in [2.45, 2.75) is 39.7 Å². The molecule has 1 aromatic rings.